The average Bonchev–Trinajstić information content (AvgIpc) is 3.38. The fourth-order valence-corrected chi connectivity index (χ4v) is 6.05. The zero-order valence-electron chi connectivity index (χ0n) is 28.6. The van der Waals surface area contributed by atoms with Gasteiger partial charge in [0.2, 0.25) is 0 Å². The molecule has 3 saturated carbocycles. The van der Waals surface area contributed by atoms with Crippen molar-refractivity contribution in [2.45, 2.75) is 50.3 Å². The number of aryl methyl sites for hydroxylation is 1. The lowest BCUT2D eigenvalue weighted by Crippen LogP contribution is -2.51. The van der Waals surface area contributed by atoms with E-state index in [2.05, 4.69) is 20.3 Å². The number of nitrogens with zero attached hydrogens (tertiary/aromatic N) is 4. The van der Waals surface area contributed by atoms with E-state index in [9.17, 15) is 17.6 Å². The minimum absolute atomic E-state index is 0.0774. The van der Waals surface area contributed by atoms with Gasteiger partial charge < -0.3 is 5.32 Å². The second-order valence-electron chi connectivity index (χ2n) is 9.28. The van der Waals surface area contributed by atoms with Crippen LogP contribution in [-0.4, -0.2) is 39.2 Å². The first-order valence-corrected chi connectivity index (χ1v) is 13.3. The topological polar surface area (TPSA) is 107 Å². The summed E-state index contributed by atoms with van der Waals surface area (Å²) in [5, 5.41) is 2.40. The Morgan fingerprint density at radius 2 is 1.85 bits per heavy atom. The second-order valence-corrected chi connectivity index (χ2v) is 11.1. The van der Waals surface area contributed by atoms with E-state index in [1.165, 1.54) is 12.1 Å². The van der Waals surface area contributed by atoms with Crippen molar-refractivity contribution in [2.75, 3.05) is 5.32 Å². The molecular weight excluding hydrogens is 524 g/mol. The summed E-state index contributed by atoms with van der Waals surface area (Å²) in [5.74, 6) is -11.7. The maximum atomic E-state index is 15.4. The lowest BCUT2D eigenvalue weighted by molar-refractivity contribution is -0.126. The molecule has 0 aliphatic heterocycles. The van der Waals surface area contributed by atoms with Gasteiger partial charge >= 0.3 is 0 Å². The highest BCUT2D eigenvalue weighted by molar-refractivity contribution is 7.90. The smallest absolute Gasteiger partial charge is 0.269 e. The van der Waals surface area contributed by atoms with Gasteiger partial charge in [0.25, 0.3) is 10.0 Å². The number of carbonyl (C=O) groups is 1. The summed E-state index contributed by atoms with van der Waals surface area (Å²) in [7, 11) is -4.31. The van der Waals surface area contributed by atoms with Crippen molar-refractivity contribution >= 4 is 32.7 Å². The van der Waals surface area contributed by atoms with E-state index in [1.54, 1.807) is 19.1 Å². The number of pyridine rings is 1. The molecule has 0 saturated heterocycles. The maximum Gasteiger partial charge on any atom is 0.269 e. The molecule has 0 spiro atoms. The van der Waals surface area contributed by atoms with Gasteiger partial charge in [0.1, 0.15) is 11.6 Å². The van der Waals surface area contributed by atoms with Crippen LogP contribution in [0.3, 0.4) is 0 Å². The van der Waals surface area contributed by atoms with Gasteiger partial charge in [0.15, 0.2) is 23.1 Å². The summed E-state index contributed by atoms with van der Waals surface area (Å²) in [4.78, 5) is 24.9. The Morgan fingerprint density at radius 3 is 2.59 bits per heavy atom. The summed E-state index contributed by atoms with van der Waals surface area (Å²) >= 11 is 0. The van der Waals surface area contributed by atoms with Gasteiger partial charge in [0.05, 0.1) is 17.3 Å². The fraction of sp³-hybridized carbons (Fsp3) is 0.357. The monoisotopic (exact) mass is 559 g/mol. The largest absolute Gasteiger partial charge is 0.364 e. The van der Waals surface area contributed by atoms with Crippen LogP contribution in [0.4, 0.5) is 14.6 Å². The quantitative estimate of drug-likeness (QED) is 0.349. The molecule has 11 heteroatoms. The number of hydrogen-bond donors (Lipinski definition) is 1. The van der Waals surface area contributed by atoms with E-state index < -0.39 is 82.5 Å². The van der Waals surface area contributed by atoms with Crippen LogP contribution >= 0.6 is 0 Å². The number of halogens is 2. The van der Waals surface area contributed by atoms with Gasteiger partial charge in [-0.2, -0.15) is 0 Å². The molecule has 2 bridgehead atoms. The Kier molecular flexibility index (Phi) is 4.32. The van der Waals surface area contributed by atoms with Crippen molar-refractivity contribution < 1.29 is 33.0 Å². The first-order chi connectivity index (χ1) is 21.7. The predicted molar refractivity (Wildman–Crippen MR) is 141 cm³/mol. The molecular formula is C28H27F2N5O3S. The Hall–Kier alpha value is -3.73. The van der Waals surface area contributed by atoms with Crippen molar-refractivity contribution in [3.8, 4) is 11.4 Å². The first kappa shape index (κ1) is 17.8. The summed E-state index contributed by atoms with van der Waals surface area (Å²) in [5.41, 5.74) is 0.471. The zero-order chi connectivity index (χ0) is 34.6. The number of hydrogen-bond acceptors (Lipinski definition) is 7. The van der Waals surface area contributed by atoms with Gasteiger partial charge in [-0.05, 0) is 69.4 Å². The van der Waals surface area contributed by atoms with Crippen LogP contribution in [0, 0.1) is 36.3 Å². The molecule has 7 rings (SSSR count). The number of rotatable bonds is 6. The van der Waals surface area contributed by atoms with Crippen LogP contribution in [0.2, 0.25) is 0 Å². The van der Waals surface area contributed by atoms with Crippen molar-refractivity contribution in [1.82, 2.24) is 18.9 Å². The first-order valence-electron chi connectivity index (χ1n) is 16.0. The van der Waals surface area contributed by atoms with Crippen molar-refractivity contribution in [3.05, 3.63) is 66.1 Å². The number of Topliss-reactive ketones (excluding diaryl/α,β-unsaturated/α-hetero) is 1. The normalized spacial score (nSPS) is 35.9. The highest BCUT2D eigenvalue weighted by Crippen LogP contribution is 2.46. The molecule has 3 aliphatic rings. The lowest BCUT2D eigenvalue weighted by Gasteiger charge is -2.48. The van der Waals surface area contributed by atoms with Crippen LogP contribution in [0.15, 0.2) is 53.8 Å². The zero-order valence-corrected chi connectivity index (χ0v) is 21.4. The van der Waals surface area contributed by atoms with Gasteiger partial charge in [-0.3, -0.25) is 4.79 Å². The molecule has 0 amide bonds. The molecule has 4 aromatic rings. The molecule has 1 aromatic carbocycles. The average molecular weight is 560 g/mol. The second kappa shape index (κ2) is 9.48. The molecule has 3 aliphatic carbocycles. The maximum absolute atomic E-state index is 15.4. The van der Waals surface area contributed by atoms with E-state index in [4.69, 9.17) is 11.0 Å². The molecule has 0 radical (unpaired) electrons. The van der Waals surface area contributed by atoms with Gasteiger partial charge in [-0.25, -0.2) is 36.1 Å². The molecule has 3 heterocycles. The summed E-state index contributed by atoms with van der Waals surface area (Å²) in [6, 6.07) is 4.97. The van der Waals surface area contributed by atoms with Crippen LogP contribution in [0.5, 0.6) is 0 Å². The van der Waals surface area contributed by atoms with Crippen LogP contribution in [0.25, 0.3) is 22.4 Å². The molecule has 1 N–H and O–H groups in total. The van der Waals surface area contributed by atoms with Crippen molar-refractivity contribution in [3.63, 3.8) is 0 Å². The summed E-state index contributed by atoms with van der Waals surface area (Å²) in [6.45, 7) is 2.74. The molecule has 3 unspecified atom stereocenters. The third kappa shape index (κ3) is 4.38. The number of carbonyl (C=O) groups excluding carboxylic acids is 1. The molecule has 202 valence electrons. The highest BCUT2D eigenvalue weighted by atomic mass is 32.2. The standard InChI is InChI=1S/C28H27F2N5O3S/c1-15-3-9-20(10-4-15)39(37,38)35-14-22(21-11-19(29)12-32-28(21)35)26-31-13-23(30)27(34-26)33-25-18-7-5-17(6-8-18)24(25)16(2)36/h3-4,9-14,17-18,24-25H,5-8H2,1-2H3,(H,31,33,34)/t17?,18-,24-,25-/m0/s1/i5D,6D2,7D,8D2,17D,18D/t5?,7?,17?,18-,24-,25-. The molecule has 39 heavy (non-hydrogen) atoms. The minimum atomic E-state index is -4.31. The third-order valence-electron chi connectivity index (χ3n) is 6.67. The Bertz CT molecular complexity index is 2070. The number of fused-ring (bicyclic) bond motifs is 4. The highest BCUT2D eigenvalue weighted by Gasteiger charge is 2.46. The number of benzene rings is 1. The molecule has 6 atom stereocenters. The molecule has 3 aromatic heterocycles. The Balaban J connectivity index is 1.51. The van der Waals surface area contributed by atoms with E-state index in [0.717, 1.165) is 34.9 Å². The van der Waals surface area contributed by atoms with Crippen LogP contribution in [-0.2, 0) is 14.8 Å². The summed E-state index contributed by atoms with van der Waals surface area (Å²) < 4.78 is 127. The van der Waals surface area contributed by atoms with Crippen molar-refractivity contribution in [1.29, 1.82) is 0 Å². The van der Waals surface area contributed by atoms with Gasteiger partial charge in [-0.15, -0.1) is 0 Å². The fourth-order valence-electron chi connectivity index (χ4n) is 4.73. The molecule has 8 nitrogen and oxygen atoms in total. The van der Waals surface area contributed by atoms with Crippen molar-refractivity contribution in [2.24, 2.45) is 17.7 Å². The molecule has 3 fully saturated rings. The Morgan fingerprint density at radius 1 is 1.13 bits per heavy atom. The van der Waals surface area contributed by atoms with E-state index in [0.29, 0.717) is 6.20 Å². The van der Waals surface area contributed by atoms with Gasteiger partial charge in [0, 0.05) is 40.1 Å². The number of aromatic nitrogens is 4. The van der Waals surface area contributed by atoms with Crippen LogP contribution < -0.4 is 5.32 Å². The van der Waals surface area contributed by atoms with Gasteiger partial charge in [-0.1, -0.05) is 17.7 Å². The third-order valence-corrected chi connectivity index (χ3v) is 8.33. The van der Waals surface area contributed by atoms with E-state index in [1.807, 2.05) is 0 Å². The van der Waals surface area contributed by atoms with E-state index >= 15 is 4.39 Å². The number of ketones is 1. The lowest BCUT2D eigenvalue weighted by atomic mass is 9.60. The number of nitrogens with one attached hydrogen (secondary N) is 1. The minimum Gasteiger partial charge on any atom is -0.364 e. The Labute approximate surface area is 235 Å². The van der Waals surface area contributed by atoms with E-state index in [-0.39, 0.29) is 27.3 Å². The summed E-state index contributed by atoms with van der Waals surface area (Å²) in [6.07, 6.45) is -8.05. The SMILES string of the molecule is [2H]C1C([2H])[C@]2([2H])[C@H](Nc3nc(-c4cn(S(=O)(=O)c5ccc(C)cc5)c5ncc(F)cc45)ncc3F)[C@@H](C(C)=O)C1([2H])C([2H])([2H])C2([2H])[2H]. The number of anilines is 1. The predicted octanol–water partition coefficient (Wildman–Crippen LogP) is 5.12. The van der Waals surface area contributed by atoms with Crippen LogP contribution in [0.1, 0.15) is 49.0 Å².